The zero-order chi connectivity index (χ0) is 22.2. The first-order valence-electron chi connectivity index (χ1n) is 10.6. The fourth-order valence-corrected chi connectivity index (χ4v) is 4.38. The largest absolute Gasteiger partial charge is 0.493 e. The highest BCUT2D eigenvalue weighted by atomic mass is 16.5. The zero-order valence-corrected chi connectivity index (χ0v) is 18.3. The number of nitrogens with zero attached hydrogens (tertiary/aromatic N) is 1. The second-order valence-electron chi connectivity index (χ2n) is 7.95. The summed E-state index contributed by atoms with van der Waals surface area (Å²) in [6.07, 6.45) is 1.84. The van der Waals surface area contributed by atoms with Crippen molar-refractivity contribution in [3.05, 3.63) is 77.0 Å². The second kappa shape index (κ2) is 8.04. The Bertz CT molecular complexity index is 1320. The molecule has 1 unspecified atom stereocenters. The van der Waals surface area contributed by atoms with Gasteiger partial charge in [0, 0.05) is 11.5 Å². The van der Waals surface area contributed by atoms with Gasteiger partial charge in [0.1, 0.15) is 11.5 Å². The van der Waals surface area contributed by atoms with E-state index in [4.69, 9.17) is 18.9 Å². The molecule has 0 saturated heterocycles. The van der Waals surface area contributed by atoms with Gasteiger partial charge in [-0.25, -0.2) is 4.98 Å². The number of methoxy groups -OCH3 is 2. The maximum atomic E-state index is 13.5. The molecule has 1 N–H and O–H groups in total. The summed E-state index contributed by atoms with van der Waals surface area (Å²) in [6.45, 7) is 1.88. The van der Waals surface area contributed by atoms with Crippen LogP contribution in [-0.2, 0) is 6.42 Å². The summed E-state index contributed by atoms with van der Waals surface area (Å²) in [5.74, 6) is 2.33. The first kappa shape index (κ1) is 20.1. The van der Waals surface area contributed by atoms with Gasteiger partial charge < -0.3 is 19.2 Å². The lowest BCUT2D eigenvalue weighted by atomic mass is 10.0. The van der Waals surface area contributed by atoms with Crippen molar-refractivity contribution >= 4 is 16.8 Å². The standard InChI is InChI=1S/C26H24N2O4/c1-15-8-11-23(32-15)22-12-19(18-13-24(30-2)25(31-3)14-21(18)27-22)26(29)28-20-10-9-16-6-4-5-7-17(16)20/h4-8,11-14,20H,9-10H2,1-3H3,(H,28,29). The number of ether oxygens (including phenoxy) is 2. The smallest absolute Gasteiger partial charge is 0.252 e. The molecule has 5 rings (SSSR count). The van der Waals surface area contributed by atoms with E-state index in [9.17, 15) is 4.79 Å². The van der Waals surface area contributed by atoms with E-state index in [0.29, 0.717) is 39.4 Å². The van der Waals surface area contributed by atoms with Crippen LogP contribution in [-0.4, -0.2) is 25.1 Å². The fourth-order valence-electron chi connectivity index (χ4n) is 4.38. The molecule has 162 valence electrons. The predicted octanol–water partition coefficient (Wildman–Crippen LogP) is 5.24. The molecule has 0 aliphatic heterocycles. The van der Waals surface area contributed by atoms with Crippen LogP contribution in [0.4, 0.5) is 0 Å². The summed E-state index contributed by atoms with van der Waals surface area (Å²) in [5.41, 5.74) is 4.21. The molecule has 2 aromatic heterocycles. The maximum Gasteiger partial charge on any atom is 0.252 e. The number of pyridine rings is 1. The van der Waals surface area contributed by atoms with Gasteiger partial charge in [0.2, 0.25) is 0 Å². The van der Waals surface area contributed by atoms with Gasteiger partial charge in [-0.2, -0.15) is 0 Å². The van der Waals surface area contributed by atoms with E-state index < -0.39 is 0 Å². The van der Waals surface area contributed by atoms with Crippen LogP contribution < -0.4 is 14.8 Å². The van der Waals surface area contributed by atoms with Crippen molar-refractivity contribution < 1.29 is 18.7 Å². The van der Waals surface area contributed by atoms with Gasteiger partial charge in [-0.15, -0.1) is 0 Å². The molecule has 0 spiro atoms. The lowest BCUT2D eigenvalue weighted by Crippen LogP contribution is -2.27. The molecule has 0 radical (unpaired) electrons. The minimum Gasteiger partial charge on any atom is -0.493 e. The lowest BCUT2D eigenvalue weighted by molar-refractivity contribution is 0.0938. The van der Waals surface area contributed by atoms with E-state index in [0.717, 1.165) is 18.6 Å². The van der Waals surface area contributed by atoms with Crippen LogP contribution in [0.5, 0.6) is 11.5 Å². The van der Waals surface area contributed by atoms with E-state index in [1.165, 1.54) is 11.1 Å². The van der Waals surface area contributed by atoms with Crippen LogP contribution in [0.25, 0.3) is 22.4 Å². The highest BCUT2D eigenvalue weighted by Gasteiger charge is 2.25. The molecular formula is C26H24N2O4. The van der Waals surface area contributed by atoms with Crippen molar-refractivity contribution in [1.29, 1.82) is 0 Å². The van der Waals surface area contributed by atoms with Gasteiger partial charge in [0.25, 0.3) is 5.91 Å². The Morgan fingerprint density at radius 1 is 1.06 bits per heavy atom. The third-order valence-corrected chi connectivity index (χ3v) is 5.99. The van der Waals surface area contributed by atoms with Crippen LogP contribution in [0, 0.1) is 6.92 Å². The minimum atomic E-state index is -0.157. The molecule has 6 nitrogen and oxygen atoms in total. The quantitative estimate of drug-likeness (QED) is 0.471. The predicted molar refractivity (Wildman–Crippen MR) is 122 cm³/mol. The van der Waals surface area contributed by atoms with Crippen molar-refractivity contribution in [2.75, 3.05) is 14.2 Å². The molecule has 1 amide bonds. The number of aryl methyl sites for hydroxylation is 2. The van der Waals surface area contributed by atoms with Crippen molar-refractivity contribution in [3.8, 4) is 23.0 Å². The van der Waals surface area contributed by atoms with Crippen molar-refractivity contribution in [1.82, 2.24) is 10.3 Å². The summed E-state index contributed by atoms with van der Waals surface area (Å²) >= 11 is 0. The second-order valence-corrected chi connectivity index (χ2v) is 7.95. The summed E-state index contributed by atoms with van der Waals surface area (Å²) in [4.78, 5) is 18.3. The van der Waals surface area contributed by atoms with E-state index in [1.54, 1.807) is 32.4 Å². The van der Waals surface area contributed by atoms with Crippen molar-refractivity contribution in [2.24, 2.45) is 0 Å². The number of carbonyl (C=O) groups excluding carboxylic acids is 1. The molecule has 2 heterocycles. The number of hydrogen-bond donors (Lipinski definition) is 1. The van der Waals surface area contributed by atoms with Crippen molar-refractivity contribution in [2.45, 2.75) is 25.8 Å². The molecule has 0 fully saturated rings. The number of rotatable bonds is 5. The van der Waals surface area contributed by atoms with Crippen LogP contribution in [0.2, 0.25) is 0 Å². The fraction of sp³-hybridized carbons (Fsp3) is 0.231. The molecule has 2 aromatic carbocycles. The average Bonchev–Trinajstić information content (AvgIpc) is 3.43. The van der Waals surface area contributed by atoms with Crippen LogP contribution in [0.15, 0.2) is 59.0 Å². The third kappa shape index (κ3) is 3.47. The third-order valence-electron chi connectivity index (χ3n) is 5.99. The molecule has 32 heavy (non-hydrogen) atoms. The SMILES string of the molecule is COc1cc2nc(-c3ccc(C)o3)cc(C(=O)NC3CCc4ccccc43)c2cc1OC. The Labute approximate surface area is 186 Å². The Balaban J connectivity index is 1.62. The molecule has 1 aliphatic carbocycles. The van der Waals surface area contributed by atoms with E-state index >= 15 is 0 Å². The number of hydrogen-bond acceptors (Lipinski definition) is 5. The molecular weight excluding hydrogens is 404 g/mol. The first-order valence-corrected chi connectivity index (χ1v) is 10.6. The average molecular weight is 428 g/mol. The van der Waals surface area contributed by atoms with Gasteiger partial charge >= 0.3 is 0 Å². The zero-order valence-electron chi connectivity index (χ0n) is 18.3. The number of nitrogens with one attached hydrogen (secondary N) is 1. The number of carbonyl (C=O) groups is 1. The highest BCUT2D eigenvalue weighted by molar-refractivity contribution is 6.08. The minimum absolute atomic E-state index is 0.0173. The Kier molecular flexibility index (Phi) is 5.05. The van der Waals surface area contributed by atoms with E-state index in [1.807, 2.05) is 31.2 Å². The van der Waals surface area contributed by atoms with E-state index in [-0.39, 0.29) is 11.9 Å². The monoisotopic (exact) mass is 428 g/mol. The van der Waals surface area contributed by atoms with Crippen molar-refractivity contribution in [3.63, 3.8) is 0 Å². The number of fused-ring (bicyclic) bond motifs is 2. The molecule has 1 aliphatic rings. The number of amides is 1. The van der Waals surface area contributed by atoms with E-state index in [2.05, 4.69) is 17.4 Å². The molecule has 0 bridgehead atoms. The maximum absolute atomic E-state index is 13.5. The summed E-state index contributed by atoms with van der Waals surface area (Å²) in [6, 6.07) is 17.4. The van der Waals surface area contributed by atoms with Gasteiger partial charge in [0.05, 0.1) is 31.3 Å². The van der Waals surface area contributed by atoms with Gasteiger partial charge in [0.15, 0.2) is 17.3 Å². The molecule has 0 saturated carbocycles. The Morgan fingerprint density at radius 2 is 1.84 bits per heavy atom. The summed E-state index contributed by atoms with van der Waals surface area (Å²) in [5, 5.41) is 3.92. The first-order chi connectivity index (χ1) is 15.6. The lowest BCUT2D eigenvalue weighted by Gasteiger charge is -2.17. The van der Waals surface area contributed by atoms with Crippen LogP contribution in [0.3, 0.4) is 0 Å². The van der Waals surface area contributed by atoms with Crippen LogP contribution in [0.1, 0.15) is 39.7 Å². The number of furan rings is 1. The van der Waals surface area contributed by atoms with Gasteiger partial charge in [-0.05, 0) is 55.2 Å². The number of aromatic nitrogens is 1. The topological polar surface area (TPSA) is 73.6 Å². The van der Waals surface area contributed by atoms with Crippen LogP contribution >= 0.6 is 0 Å². The molecule has 1 atom stereocenters. The Morgan fingerprint density at radius 3 is 2.59 bits per heavy atom. The van der Waals surface area contributed by atoms with Gasteiger partial charge in [-0.3, -0.25) is 4.79 Å². The summed E-state index contributed by atoms with van der Waals surface area (Å²) in [7, 11) is 3.15. The normalized spacial score (nSPS) is 14.9. The molecule has 4 aromatic rings. The highest BCUT2D eigenvalue weighted by Crippen LogP contribution is 2.36. The number of benzene rings is 2. The summed E-state index contributed by atoms with van der Waals surface area (Å²) < 4.78 is 16.7. The Hall–Kier alpha value is -3.80. The van der Waals surface area contributed by atoms with Gasteiger partial charge in [-0.1, -0.05) is 24.3 Å². The molecule has 6 heteroatoms.